The topological polar surface area (TPSA) is 9.23 Å². The molecule has 94 valence electrons. The van der Waals surface area contributed by atoms with Crippen LogP contribution in [0.25, 0.3) is 5.57 Å². The van der Waals surface area contributed by atoms with Gasteiger partial charge in [0.15, 0.2) is 0 Å². The van der Waals surface area contributed by atoms with Crippen LogP contribution in [0.3, 0.4) is 0 Å². The van der Waals surface area contributed by atoms with Gasteiger partial charge in [-0.3, -0.25) is 0 Å². The van der Waals surface area contributed by atoms with Crippen molar-refractivity contribution < 1.29 is 4.74 Å². The average molecular weight is 248 g/mol. The minimum Gasteiger partial charge on any atom is -0.481 e. The fraction of sp³-hybridized carbons (Fsp3) is 0.111. The Labute approximate surface area is 114 Å². The smallest absolute Gasteiger partial charge is 0.149 e. The summed E-state index contributed by atoms with van der Waals surface area (Å²) in [6, 6.07) is 18.1. The molecule has 1 heteroatoms. The van der Waals surface area contributed by atoms with Gasteiger partial charge in [0.2, 0.25) is 0 Å². The van der Waals surface area contributed by atoms with Crippen LogP contribution < -0.4 is 4.74 Å². The lowest BCUT2D eigenvalue weighted by atomic mass is 10.00. The van der Waals surface area contributed by atoms with Gasteiger partial charge in [-0.15, -0.1) is 5.92 Å². The van der Waals surface area contributed by atoms with Crippen LogP contribution in [0.2, 0.25) is 0 Å². The highest BCUT2D eigenvalue weighted by atomic mass is 16.5. The van der Waals surface area contributed by atoms with Crippen LogP contribution in [0.15, 0.2) is 61.2 Å². The van der Waals surface area contributed by atoms with Gasteiger partial charge >= 0.3 is 0 Å². The monoisotopic (exact) mass is 248 g/mol. The quantitative estimate of drug-likeness (QED) is 0.738. The van der Waals surface area contributed by atoms with Crippen molar-refractivity contribution in [3.63, 3.8) is 0 Å². The van der Waals surface area contributed by atoms with E-state index < -0.39 is 0 Å². The van der Waals surface area contributed by atoms with E-state index >= 15 is 0 Å². The van der Waals surface area contributed by atoms with Crippen molar-refractivity contribution in [2.45, 2.75) is 6.92 Å². The maximum absolute atomic E-state index is 5.48. The van der Waals surface area contributed by atoms with Crippen LogP contribution in [-0.2, 0) is 0 Å². The highest BCUT2D eigenvalue weighted by Gasteiger charge is 2.01. The fourth-order valence-electron chi connectivity index (χ4n) is 1.75. The zero-order valence-electron chi connectivity index (χ0n) is 11.0. The van der Waals surface area contributed by atoms with Crippen molar-refractivity contribution in [2.75, 3.05) is 6.61 Å². The van der Waals surface area contributed by atoms with E-state index in [1.165, 1.54) is 0 Å². The lowest BCUT2D eigenvalue weighted by molar-refractivity contribution is 0.370. The predicted octanol–water partition coefficient (Wildman–Crippen LogP) is 4.15. The molecule has 0 aliphatic heterocycles. The molecule has 0 aliphatic rings. The highest BCUT2D eigenvalue weighted by molar-refractivity contribution is 5.78. The van der Waals surface area contributed by atoms with Crippen molar-refractivity contribution in [2.24, 2.45) is 0 Å². The molecule has 0 unspecified atom stereocenters. The van der Waals surface area contributed by atoms with Crippen molar-refractivity contribution in [3.05, 3.63) is 72.3 Å². The van der Waals surface area contributed by atoms with Gasteiger partial charge in [0.25, 0.3) is 0 Å². The van der Waals surface area contributed by atoms with Crippen molar-refractivity contribution in [1.29, 1.82) is 0 Å². The first kappa shape index (κ1) is 13.0. The molecule has 0 N–H and O–H groups in total. The third-order valence-corrected chi connectivity index (χ3v) is 2.81. The Bertz CT molecular complexity index is 598. The standard InChI is InChI=1S/C18H16O/c1-3-4-14-19-18-12-10-17(11-13-18)15(2)16-8-6-5-7-9-16/h5-13H,2,14H2,1H3. The summed E-state index contributed by atoms with van der Waals surface area (Å²) in [4.78, 5) is 0. The van der Waals surface area contributed by atoms with Crippen LogP contribution in [0.4, 0.5) is 0 Å². The van der Waals surface area contributed by atoms with E-state index in [1.54, 1.807) is 6.92 Å². The summed E-state index contributed by atoms with van der Waals surface area (Å²) in [5.74, 6) is 6.50. The van der Waals surface area contributed by atoms with E-state index in [2.05, 4.69) is 30.6 Å². The van der Waals surface area contributed by atoms with Gasteiger partial charge in [-0.25, -0.2) is 0 Å². The normalized spacial score (nSPS) is 9.32. The molecule has 0 bridgehead atoms. The Balaban J connectivity index is 2.09. The number of benzene rings is 2. The third-order valence-electron chi connectivity index (χ3n) is 2.81. The minimum absolute atomic E-state index is 0.426. The second-order valence-electron chi connectivity index (χ2n) is 4.08. The fourth-order valence-corrected chi connectivity index (χ4v) is 1.75. The van der Waals surface area contributed by atoms with E-state index in [0.717, 1.165) is 22.4 Å². The predicted molar refractivity (Wildman–Crippen MR) is 80.0 cm³/mol. The number of hydrogen-bond acceptors (Lipinski definition) is 1. The van der Waals surface area contributed by atoms with Gasteiger partial charge in [-0.2, -0.15) is 0 Å². The molecule has 0 heterocycles. The SMILES string of the molecule is C=C(c1ccccc1)c1ccc(OCC#CC)cc1. The van der Waals surface area contributed by atoms with Crippen molar-refractivity contribution in [3.8, 4) is 17.6 Å². The molecule has 0 aliphatic carbocycles. The molecule has 2 aromatic rings. The molecule has 2 rings (SSSR count). The van der Waals surface area contributed by atoms with Gasteiger partial charge in [-0.1, -0.05) is 55.0 Å². The minimum atomic E-state index is 0.426. The molecule has 0 saturated carbocycles. The van der Waals surface area contributed by atoms with E-state index in [4.69, 9.17) is 4.74 Å². The first-order valence-electron chi connectivity index (χ1n) is 6.18. The number of hydrogen-bond donors (Lipinski definition) is 0. The van der Waals surface area contributed by atoms with Gasteiger partial charge in [0.05, 0.1) is 0 Å². The molecule has 0 radical (unpaired) electrons. The molecule has 0 atom stereocenters. The van der Waals surface area contributed by atoms with E-state index in [9.17, 15) is 0 Å². The average Bonchev–Trinajstić information content (AvgIpc) is 2.48. The zero-order chi connectivity index (χ0) is 13.5. The zero-order valence-corrected chi connectivity index (χ0v) is 11.0. The maximum Gasteiger partial charge on any atom is 0.149 e. The Morgan fingerprint density at radius 2 is 1.63 bits per heavy atom. The molecule has 0 spiro atoms. The lowest BCUT2D eigenvalue weighted by Crippen LogP contribution is -1.94. The molecule has 2 aromatic carbocycles. The number of rotatable bonds is 4. The Morgan fingerprint density at radius 3 is 2.26 bits per heavy atom. The summed E-state index contributed by atoms with van der Waals surface area (Å²) >= 11 is 0. The molecule has 0 saturated heterocycles. The largest absolute Gasteiger partial charge is 0.481 e. The Kier molecular flexibility index (Phi) is 4.42. The summed E-state index contributed by atoms with van der Waals surface area (Å²) in [7, 11) is 0. The molecule has 1 nitrogen and oxygen atoms in total. The highest BCUT2D eigenvalue weighted by Crippen LogP contribution is 2.23. The molecule has 0 fully saturated rings. The Morgan fingerprint density at radius 1 is 1.00 bits per heavy atom. The van der Waals surface area contributed by atoms with Crippen LogP contribution in [0.5, 0.6) is 5.75 Å². The summed E-state index contributed by atoms with van der Waals surface area (Å²) < 4.78 is 5.48. The van der Waals surface area contributed by atoms with Crippen LogP contribution in [-0.4, -0.2) is 6.61 Å². The first-order chi connectivity index (χ1) is 9.31. The summed E-state index contributed by atoms with van der Waals surface area (Å²) in [5, 5.41) is 0. The number of ether oxygens (including phenoxy) is 1. The van der Waals surface area contributed by atoms with Crippen LogP contribution >= 0.6 is 0 Å². The summed E-state index contributed by atoms with van der Waals surface area (Å²) in [6.07, 6.45) is 0. The molecule has 0 amide bonds. The van der Waals surface area contributed by atoms with E-state index in [1.807, 2.05) is 42.5 Å². The molecule has 0 aromatic heterocycles. The second kappa shape index (κ2) is 6.47. The summed E-state index contributed by atoms with van der Waals surface area (Å²) in [5.41, 5.74) is 3.24. The Hall–Kier alpha value is -2.46. The van der Waals surface area contributed by atoms with Crippen molar-refractivity contribution >= 4 is 5.57 Å². The van der Waals surface area contributed by atoms with E-state index in [-0.39, 0.29) is 0 Å². The maximum atomic E-state index is 5.48. The lowest BCUT2D eigenvalue weighted by Gasteiger charge is -2.07. The van der Waals surface area contributed by atoms with Gasteiger partial charge < -0.3 is 4.74 Å². The van der Waals surface area contributed by atoms with Gasteiger partial charge in [0, 0.05) is 0 Å². The van der Waals surface area contributed by atoms with Crippen molar-refractivity contribution in [1.82, 2.24) is 0 Å². The third kappa shape index (κ3) is 3.50. The van der Waals surface area contributed by atoms with Gasteiger partial charge in [0.1, 0.15) is 12.4 Å². The summed E-state index contributed by atoms with van der Waals surface area (Å²) in [6.45, 7) is 6.37. The van der Waals surface area contributed by atoms with E-state index in [0.29, 0.717) is 6.61 Å². The first-order valence-corrected chi connectivity index (χ1v) is 6.18. The molecular formula is C18H16O. The second-order valence-corrected chi connectivity index (χ2v) is 4.08. The van der Waals surface area contributed by atoms with Gasteiger partial charge in [-0.05, 0) is 35.8 Å². The molecular weight excluding hydrogens is 232 g/mol. The van der Waals surface area contributed by atoms with Crippen LogP contribution in [0.1, 0.15) is 18.1 Å². The molecule has 19 heavy (non-hydrogen) atoms. The van der Waals surface area contributed by atoms with Crippen LogP contribution in [0, 0.1) is 11.8 Å².